The average molecular weight is 615 g/mol. The fourth-order valence-corrected chi connectivity index (χ4v) is 5.90. The third-order valence-electron chi connectivity index (χ3n) is 8.06. The van der Waals surface area contributed by atoms with Gasteiger partial charge >= 0.3 is 0 Å². The van der Waals surface area contributed by atoms with E-state index in [4.69, 9.17) is 11.6 Å². The van der Waals surface area contributed by atoms with E-state index < -0.39 is 17.7 Å². The van der Waals surface area contributed by atoms with Crippen LogP contribution in [0.5, 0.6) is 0 Å². The van der Waals surface area contributed by atoms with Crippen molar-refractivity contribution in [3.63, 3.8) is 0 Å². The van der Waals surface area contributed by atoms with Crippen molar-refractivity contribution in [2.75, 3.05) is 17.2 Å². The first-order valence-electron chi connectivity index (χ1n) is 14.4. The molecule has 0 radical (unpaired) electrons. The molecule has 2 aromatic carbocycles. The quantitative estimate of drug-likeness (QED) is 0.234. The van der Waals surface area contributed by atoms with Gasteiger partial charge in [0.05, 0.1) is 28.0 Å². The van der Waals surface area contributed by atoms with Crippen LogP contribution in [0.4, 0.5) is 26.0 Å². The van der Waals surface area contributed by atoms with Crippen LogP contribution >= 0.6 is 11.6 Å². The number of carbonyl (C=O) groups is 2. The molecule has 2 bridgehead atoms. The van der Waals surface area contributed by atoms with Crippen LogP contribution < -0.4 is 10.6 Å². The van der Waals surface area contributed by atoms with Crippen molar-refractivity contribution < 1.29 is 18.4 Å². The molecule has 4 aromatic rings. The zero-order valence-electron chi connectivity index (χ0n) is 23.9. The molecule has 0 saturated carbocycles. The van der Waals surface area contributed by atoms with Crippen molar-refractivity contribution in [1.29, 1.82) is 0 Å². The summed E-state index contributed by atoms with van der Waals surface area (Å²) < 4.78 is 29.4. The third-order valence-corrected chi connectivity index (χ3v) is 8.35. The van der Waals surface area contributed by atoms with Crippen molar-refractivity contribution in [2.45, 2.75) is 38.6 Å². The summed E-state index contributed by atoms with van der Waals surface area (Å²) in [5.74, 6) is -1.83. The number of anilines is 3. The Morgan fingerprint density at radius 2 is 1.91 bits per heavy atom. The number of nitrogens with zero attached hydrogens (tertiary/aromatic N) is 4. The van der Waals surface area contributed by atoms with E-state index in [9.17, 15) is 18.4 Å². The number of pyridine rings is 1. The second-order valence-electron chi connectivity index (χ2n) is 11.0. The van der Waals surface area contributed by atoms with E-state index in [2.05, 4.69) is 25.8 Å². The minimum Gasteiger partial charge on any atom is -0.339 e. The van der Waals surface area contributed by atoms with Gasteiger partial charge in [0.2, 0.25) is 11.8 Å². The monoisotopic (exact) mass is 614 g/mol. The summed E-state index contributed by atoms with van der Waals surface area (Å²) in [6.45, 7) is 2.13. The number of amides is 2. The molecule has 2 aromatic heterocycles. The van der Waals surface area contributed by atoms with Crippen LogP contribution in [0, 0.1) is 17.6 Å². The summed E-state index contributed by atoms with van der Waals surface area (Å²) in [5.41, 5.74) is 3.65. The predicted octanol–water partition coefficient (Wildman–Crippen LogP) is 7.33. The smallest absolute Gasteiger partial charge is 0.247 e. The van der Waals surface area contributed by atoms with Gasteiger partial charge in [-0.3, -0.25) is 14.6 Å². The van der Waals surface area contributed by atoms with Gasteiger partial charge in [0.15, 0.2) is 11.6 Å². The highest BCUT2D eigenvalue weighted by molar-refractivity contribution is 6.31. The second-order valence-corrected chi connectivity index (χ2v) is 11.4. The Balaban J connectivity index is 1.36. The summed E-state index contributed by atoms with van der Waals surface area (Å²) in [6, 6.07) is 14.9. The Hall–Kier alpha value is -4.70. The average Bonchev–Trinajstić information content (AvgIpc) is 3.02. The molecule has 224 valence electrons. The summed E-state index contributed by atoms with van der Waals surface area (Å²) in [6.07, 6.45) is 6.64. The molecule has 2 aliphatic rings. The maximum Gasteiger partial charge on any atom is 0.247 e. The second kappa shape index (κ2) is 12.5. The van der Waals surface area contributed by atoms with E-state index >= 15 is 0 Å². The van der Waals surface area contributed by atoms with E-state index in [1.807, 2.05) is 37.3 Å². The summed E-state index contributed by atoms with van der Waals surface area (Å²) in [4.78, 5) is 33.1. The van der Waals surface area contributed by atoms with E-state index in [-0.39, 0.29) is 46.9 Å². The molecule has 44 heavy (non-hydrogen) atoms. The molecule has 0 aliphatic carbocycles. The Morgan fingerprint density at radius 1 is 1.05 bits per heavy atom. The van der Waals surface area contributed by atoms with Gasteiger partial charge in [-0.1, -0.05) is 31.0 Å². The molecule has 2 aliphatic heterocycles. The zero-order chi connectivity index (χ0) is 30.8. The Kier molecular flexibility index (Phi) is 8.34. The highest BCUT2D eigenvalue weighted by Crippen LogP contribution is 2.38. The maximum absolute atomic E-state index is 14.8. The lowest BCUT2D eigenvalue weighted by molar-refractivity contribution is -0.129. The van der Waals surface area contributed by atoms with E-state index in [0.717, 1.165) is 28.9 Å². The molecule has 11 heteroatoms. The van der Waals surface area contributed by atoms with Crippen LogP contribution in [-0.4, -0.2) is 38.4 Å². The molecule has 2 atom stereocenters. The summed E-state index contributed by atoms with van der Waals surface area (Å²) >= 11 is 5.91. The van der Waals surface area contributed by atoms with Crippen LogP contribution in [0.15, 0.2) is 73.1 Å². The largest absolute Gasteiger partial charge is 0.339 e. The molecular formula is C33H29ClF2N6O2. The number of halogens is 3. The summed E-state index contributed by atoms with van der Waals surface area (Å²) in [7, 11) is 0. The number of rotatable bonds is 4. The van der Waals surface area contributed by atoms with Crippen molar-refractivity contribution >= 4 is 46.2 Å². The minimum absolute atomic E-state index is 0.110. The standard InChI is InChI=1S/C33H29ClF2N6O2/c1-19-4-2-5-28(42-15-12-21(17-30(42)43)31-25(35)10-9-24(34)32(31)36)27-16-20(11-14-37-27)23-8-7-22(18-26(23)40-33(19)44)39-29-6-3-13-38-41-29/h3,6-11,13-14,16-19,28H,2,4-5,12,15H2,1H3,(H,39,41)(H,40,44). The predicted molar refractivity (Wildman–Crippen MR) is 165 cm³/mol. The first kappa shape index (κ1) is 29.4. The molecule has 6 rings (SSSR count). The molecule has 2 unspecified atom stereocenters. The zero-order valence-corrected chi connectivity index (χ0v) is 24.6. The maximum atomic E-state index is 14.8. The highest BCUT2D eigenvalue weighted by atomic mass is 35.5. The molecule has 0 spiro atoms. The molecule has 4 heterocycles. The Morgan fingerprint density at radius 3 is 2.70 bits per heavy atom. The highest BCUT2D eigenvalue weighted by Gasteiger charge is 2.31. The van der Waals surface area contributed by atoms with Crippen molar-refractivity contribution in [3.05, 3.63) is 101 Å². The number of benzene rings is 2. The first-order chi connectivity index (χ1) is 21.3. The SMILES string of the molecule is CC1CCCC(N2CCC(c3c(F)ccc(Cl)c3F)=CC2=O)c2cc(ccn2)-c2ccc(Nc3cccnn3)cc2NC1=O. The molecule has 0 saturated heterocycles. The van der Waals surface area contributed by atoms with Gasteiger partial charge in [-0.25, -0.2) is 8.78 Å². The number of fused-ring (bicyclic) bond motifs is 4. The van der Waals surface area contributed by atoms with Gasteiger partial charge in [-0.05, 0) is 78.9 Å². The van der Waals surface area contributed by atoms with Gasteiger partial charge in [0, 0.05) is 42.2 Å². The number of carbonyl (C=O) groups excluding carboxylic acids is 2. The van der Waals surface area contributed by atoms with Gasteiger partial charge in [-0.2, -0.15) is 5.10 Å². The molecule has 2 amide bonds. The van der Waals surface area contributed by atoms with Gasteiger partial charge in [-0.15, -0.1) is 5.10 Å². The van der Waals surface area contributed by atoms with Crippen molar-refractivity contribution in [1.82, 2.24) is 20.1 Å². The minimum atomic E-state index is -0.875. The van der Waals surface area contributed by atoms with E-state index in [1.54, 1.807) is 29.4 Å². The van der Waals surface area contributed by atoms with Crippen molar-refractivity contribution in [2.24, 2.45) is 5.92 Å². The Labute approximate surface area is 258 Å². The van der Waals surface area contributed by atoms with Gasteiger partial charge in [0.25, 0.3) is 0 Å². The normalized spacial score (nSPS) is 18.8. The van der Waals surface area contributed by atoms with Crippen LogP contribution in [0.2, 0.25) is 5.02 Å². The fraction of sp³-hybridized carbons (Fsp3) is 0.242. The molecular weight excluding hydrogens is 586 g/mol. The number of hydrogen-bond donors (Lipinski definition) is 2. The van der Waals surface area contributed by atoms with Gasteiger partial charge in [0.1, 0.15) is 5.82 Å². The fourth-order valence-electron chi connectivity index (χ4n) is 5.74. The topological polar surface area (TPSA) is 100 Å². The van der Waals surface area contributed by atoms with E-state index in [0.29, 0.717) is 36.5 Å². The van der Waals surface area contributed by atoms with Crippen LogP contribution in [0.25, 0.3) is 16.7 Å². The number of aromatic nitrogens is 3. The molecule has 0 fully saturated rings. The number of nitrogens with one attached hydrogen (secondary N) is 2. The first-order valence-corrected chi connectivity index (χ1v) is 14.8. The van der Waals surface area contributed by atoms with Crippen LogP contribution in [0.1, 0.15) is 49.9 Å². The Bertz CT molecular complexity index is 1770. The van der Waals surface area contributed by atoms with Crippen molar-refractivity contribution in [3.8, 4) is 11.1 Å². The molecule has 2 N–H and O–H groups in total. The number of hydrogen-bond acceptors (Lipinski definition) is 6. The lowest BCUT2D eigenvalue weighted by Crippen LogP contribution is -2.38. The van der Waals surface area contributed by atoms with E-state index in [1.165, 1.54) is 6.08 Å². The van der Waals surface area contributed by atoms with Gasteiger partial charge < -0.3 is 15.5 Å². The lowest BCUT2D eigenvalue weighted by Gasteiger charge is -2.34. The van der Waals surface area contributed by atoms with Crippen LogP contribution in [-0.2, 0) is 9.59 Å². The van der Waals surface area contributed by atoms with Crippen LogP contribution in [0.3, 0.4) is 0 Å². The molecule has 8 nitrogen and oxygen atoms in total. The third kappa shape index (κ3) is 6.03. The lowest BCUT2D eigenvalue weighted by atomic mass is 9.92. The summed E-state index contributed by atoms with van der Waals surface area (Å²) in [5, 5.41) is 14.1.